The number of nitrogens with zero attached hydrogens (tertiary/aromatic N) is 4. The second-order valence-corrected chi connectivity index (χ2v) is 7.27. The Morgan fingerprint density at radius 2 is 2.18 bits per heavy atom. The lowest BCUT2D eigenvalue weighted by molar-refractivity contribution is 0.0308. The van der Waals surface area contributed by atoms with Crippen molar-refractivity contribution in [2.75, 3.05) is 14.1 Å². The first-order chi connectivity index (χ1) is 10.5. The van der Waals surface area contributed by atoms with Crippen LogP contribution < -0.4 is 0 Å². The zero-order valence-corrected chi connectivity index (χ0v) is 13.7. The molecule has 0 radical (unpaired) electrons. The summed E-state index contributed by atoms with van der Waals surface area (Å²) in [6.07, 6.45) is 6.23. The molecule has 22 heavy (non-hydrogen) atoms. The first-order valence-electron chi connectivity index (χ1n) is 7.92. The number of hydrogen-bond donors (Lipinski definition) is 1. The van der Waals surface area contributed by atoms with E-state index >= 15 is 0 Å². The summed E-state index contributed by atoms with van der Waals surface area (Å²) in [5.74, 6) is 1.52. The fourth-order valence-electron chi connectivity index (χ4n) is 4.35. The monoisotopic (exact) mass is 320 g/mol. The first kappa shape index (κ1) is 14.4. The normalized spacial score (nSPS) is 28.9. The summed E-state index contributed by atoms with van der Waals surface area (Å²) in [7, 11) is 3.76. The van der Waals surface area contributed by atoms with Gasteiger partial charge in [0, 0.05) is 17.6 Å². The lowest BCUT2D eigenvalue weighted by Crippen LogP contribution is -2.26. The van der Waals surface area contributed by atoms with Crippen LogP contribution in [0.5, 0.6) is 0 Å². The van der Waals surface area contributed by atoms with Crippen molar-refractivity contribution < 1.29 is 5.11 Å². The van der Waals surface area contributed by atoms with Gasteiger partial charge in [-0.1, -0.05) is 6.42 Å². The summed E-state index contributed by atoms with van der Waals surface area (Å²) in [5.41, 5.74) is 1.75. The molecule has 6 heteroatoms. The molecule has 5 nitrogen and oxygen atoms in total. The molecule has 118 valence electrons. The van der Waals surface area contributed by atoms with E-state index in [2.05, 4.69) is 14.5 Å². The van der Waals surface area contributed by atoms with Crippen LogP contribution in [0.1, 0.15) is 43.6 Å². The van der Waals surface area contributed by atoms with Crippen molar-refractivity contribution >= 4 is 22.6 Å². The molecule has 2 aliphatic rings. The van der Waals surface area contributed by atoms with Crippen LogP contribution in [0.15, 0.2) is 12.3 Å². The third kappa shape index (κ3) is 2.14. The van der Waals surface area contributed by atoms with Crippen LogP contribution in [0.25, 0.3) is 11.0 Å². The number of fused-ring (bicyclic) bond motifs is 3. The fourth-order valence-corrected chi connectivity index (χ4v) is 4.48. The van der Waals surface area contributed by atoms with Crippen LogP contribution in [0.2, 0.25) is 5.28 Å². The lowest BCUT2D eigenvalue weighted by atomic mass is 9.95. The minimum absolute atomic E-state index is 0.265. The molecule has 2 heterocycles. The number of aromatic nitrogens is 3. The van der Waals surface area contributed by atoms with Crippen molar-refractivity contribution in [3.05, 3.63) is 23.2 Å². The highest BCUT2D eigenvalue weighted by Gasteiger charge is 2.42. The van der Waals surface area contributed by atoms with E-state index in [0.29, 0.717) is 12.0 Å². The van der Waals surface area contributed by atoms with E-state index < -0.39 is 6.23 Å². The van der Waals surface area contributed by atoms with E-state index in [9.17, 15) is 5.11 Å². The van der Waals surface area contributed by atoms with E-state index in [1.807, 2.05) is 25.1 Å². The van der Waals surface area contributed by atoms with E-state index in [0.717, 1.165) is 22.6 Å². The van der Waals surface area contributed by atoms with Gasteiger partial charge in [0.25, 0.3) is 0 Å². The molecule has 1 N–H and O–H groups in total. The third-order valence-electron chi connectivity index (χ3n) is 5.36. The number of rotatable bonds is 3. The van der Waals surface area contributed by atoms with Crippen molar-refractivity contribution in [2.45, 2.75) is 38.0 Å². The van der Waals surface area contributed by atoms with Gasteiger partial charge in [-0.15, -0.1) is 0 Å². The average molecular weight is 321 g/mol. The Labute approximate surface area is 134 Å². The smallest absolute Gasteiger partial charge is 0.224 e. The van der Waals surface area contributed by atoms with Gasteiger partial charge in [0.05, 0.1) is 5.69 Å². The molecule has 0 saturated heterocycles. The van der Waals surface area contributed by atoms with Crippen molar-refractivity contribution in [3.8, 4) is 0 Å². The van der Waals surface area contributed by atoms with Gasteiger partial charge in [-0.25, -0.2) is 4.98 Å². The summed E-state index contributed by atoms with van der Waals surface area (Å²) in [6.45, 7) is 0. The Morgan fingerprint density at radius 1 is 1.36 bits per heavy atom. The number of hydrogen-bond acceptors (Lipinski definition) is 4. The highest BCUT2D eigenvalue weighted by atomic mass is 35.5. The highest BCUT2D eigenvalue weighted by Crippen LogP contribution is 2.52. The van der Waals surface area contributed by atoms with E-state index in [4.69, 9.17) is 11.6 Å². The summed E-state index contributed by atoms with van der Waals surface area (Å²) >= 11 is 6.02. The molecule has 2 aromatic heterocycles. The summed E-state index contributed by atoms with van der Waals surface area (Å²) in [5, 5.41) is 11.8. The quantitative estimate of drug-likeness (QED) is 0.697. The molecule has 0 amide bonds. The predicted molar refractivity (Wildman–Crippen MR) is 85.7 cm³/mol. The molecule has 0 aromatic carbocycles. The molecule has 2 saturated carbocycles. The van der Waals surface area contributed by atoms with Crippen LogP contribution in [0, 0.1) is 11.8 Å². The Hall–Kier alpha value is -1.17. The van der Waals surface area contributed by atoms with E-state index in [1.54, 1.807) is 6.20 Å². The van der Waals surface area contributed by atoms with Crippen molar-refractivity contribution in [1.29, 1.82) is 0 Å². The van der Waals surface area contributed by atoms with Gasteiger partial charge in [0.1, 0.15) is 11.9 Å². The Morgan fingerprint density at radius 3 is 2.82 bits per heavy atom. The summed E-state index contributed by atoms with van der Waals surface area (Å²) in [4.78, 5) is 10.4. The van der Waals surface area contributed by atoms with Crippen LogP contribution in [0.3, 0.4) is 0 Å². The molecule has 4 atom stereocenters. The topological polar surface area (TPSA) is 54.2 Å². The molecule has 4 rings (SSSR count). The van der Waals surface area contributed by atoms with Crippen molar-refractivity contribution in [1.82, 2.24) is 19.4 Å². The zero-order valence-electron chi connectivity index (χ0n) is 12.9. The lowest BCUT2D eigenvalue weighted by Gasteiger charge is -2.29. The Bertz CT molecular complexity index is 713. The molecule has 2 aliphatic carbocycles. The number of aliphatic hydroxyl groups excluding tert-OH is 1. The number of halogens is 1. The molecule has 0 spiro atoms. The minimum Gasteiger partial charge on any atom is -0.373 e. The van der Waals surface area contributed by atoms with E-state index in [1.165, 1.54) is 25.7 Å². The highest BCUT2D eigenvalue weighted by molar-refractivity contribution is 6.28. The van der Waals surface area contributed by atoms with Crippen LogP contribution >= 0.6 is 11.6 Å². The minimum atomic E-state index is -0.646. The average Bonchev–Trinajstić information content (AvgIpc) is 3.18. The van der Waals surface area contributed by atoms with Gasteiger partial charge in [0.15, 0.2) is 0 Å². The maximum absolute atomic E-state index is 10.6. The van der Waals surface area contributed by atoms with Gasteiger partial charge >= 0.3 is 0 Å². The maximum atomic E-state index is 10.6. The Balaban J connectivity index is 1.89. The van der Waals surface area contributed by atoms with Gasteiger partial charge in [0.2, 0.25) is 5.28 Å². The molecular formula is C16H21ClN4O. The zero-order chi connectivity index (χ0) is 15.4. The van der Waals surface area contributed by atoms with Gasteiger partial charge in [-0.05, 0) is 62.9 Å². The summed E-state index contributed by atoms with van der Waals surface area (Å²) in [6, 6.07) is 2.43. The predicted octanol–water partition coefficient (Wildman–Crippen LogP) is 3.00. The summed E-state index contributed by atoms with van der Waals surface area (Å²) < 4.78 is 2.23. The number of aliphatic hydroxyl groups is 1. The first-order valence-corrected chi connectivity index (χ1v) is 8.30. The van der Waals surface area contributed by atoms with Crippen LogP contribution in [0.4, 0.5) is 0 Å². The molecule has 1 unspecified atom stereocenters. The van der Waals surface area contributed by atoms with E-state index in [-0.39, 0.29) is 5.28 Å². The standard InChI is InChI=1S/C16H21ClN4O/c1-20(2)15(22)13-7-11-8-18-16(17)19-14(11)21(13)12-6-9-3-4-10(12)5-9/h7-10,12,15,22H,3-6H2,1-2H3/t9-,10+,12+,15?/m0/s1. The van der Waals surface area contributed by atoms with Crippen LogP contribution in [-0.4, -0.2) is 38.6 Å². The molecule has 2 aromatic rings. The molecule has 2 fully saturated rings. The second kappa shape index (κ2) is 5.18. The largest absolute Gasteiger partial charge is 0.373 e. The second-order valence-electron chi connectivity index (χ2n) is 6.94. The fraction of sp³-hybridized carbons (Fsp3) is 0.625. The molecule has 2 bridgehead atoms. The molecule has 0 aliphatic heterocycles. The van der Waals surface area contributed by atoms with Gasteiger partial charge in [-0.3, -0.25) is 4.90 Å². The molecular weight excluding hydrogens is 300 g/mol. The van der Waals surface area contributed by atoms with Gasteiger partial charge in [-0.2, -0.15) is 4.98 Å². The van der Waals surface area contributed by atoms with Gasteiger partial charge < -0.3 is 9.67 Å². The maximum Gasteiger partial charge on any atom is 0.224 e. The van der Waals surface area contributed by atoms with Crippen molar-refractivity contribution in [3.63, 3.8) is 0 Å². The van der Waals surface area contributed by atoms with Crippen molar-refractivity contribution in [2.24, 2.45) is 11.8 Å². The van der Waals surface area contributed by atoms with Crippen LogP contribution in [-0.2, 0) is 0 Å². The SMILES string of the molecule is CN(C)C(O)c1cc2cnc(Cl)nc2n1[C@@H]1C[C@H]2CC[C@@H]1C2. The third-order valence-corrected chi connectivity index (χ3v) is 5.54. The Kier molecular flexibility index (Phi) is 3.40.